The summed E-state index contributed by atoms with van der Waals surface area (Å²) in [6, 6.07) is 0.337. The molecule has 2 N–H and O–H groups in total. The second-order valence-corrected chi connectivity index (χ2v) is 5.31. The highest BCUT2D eigenvalue weighted by molar-refractivity contribution is 5.82. The number of methoxy groups -OCH3 is 1. The van der Waals surface area contributed by atoms with Crippen molar-refractivity contribution in [2.75, 3.05) is 20.2 Å². The normalized spacial score (nSPS) is 32.9. The number of nitrogens with one attached hydrogen (secondary N) is 2. The van der Waals surface area contributed by atoms with Crippen LogP contribution in [0.5, 0.6) is 0 Å². The zero-order valence-corrected chi connectivity index (χ0v) is 10.2. The first-order chi connectivity index (χ1) is 7.64. The molecular weight excluding hydrogens is 204 g/mol. The first-order valence-corrected chi connectivity index (χ1v) is 6.18. The van der Waals surface area contributed by atoms with Crippen molar-refractivity contribution in [3.63, 3.8) is 0 Å². The lowest BCUT2D eigenvalue weighted by Crippen LogP contribution is -2.53. The van der Waals surface area contributed by atoms with Gasteiger partial charge in [-0.25, -0.2) is 0 Å². The van der Waals surface area contributed by atoms with Crippen LogP contribution in [0, 0.1) is 5.41 Å². The van der Waals surface area contributed by atoms with Crippen molar-refractivity contribution in [1.29, 1.82) is 0 Å². The lowest BCUT2D eigenvalue weighted by Gasteiger charge is -2.39. The van der Waals surface area contributed by atoms with E-state index in [4.69, 9.17) is 4.74 Å². The summed E-state index contributed by atoms with van der Waals surface area (Å²) in [6.45, 7) is 3.99. The van der Waals surface area contributed by atoms with Gasteiger partial charge in [-0.15, -0.1) is 0 Å². The summed E-state index contributed by atoms with van der Waals surface area (Å²) in [6.07, 6.45) is 4.18. The van der Waals surface area contributed by atoms with Crippen molar-refractivity contribution in [1.82, 2.24) is 10.6 Å². The SMILES string of the molecule is COC1CC(NC(=O)C2(C)CCNCC2)C1. The fourth-order valence-corrected chi connectivity index (χ4v) is 2.44. The molecule has 4 nitrogen and oxygen atoms in total. The van der Waals surface area contributed by atoms with Crippen molar-refractivity contribution < 1.29 is 9.53 Å². The summed E-state index contributed by atoms with van der Waals surface area (Å²) < 4.78 is 5.21. The molecule has 2 rings (SSSR count). The minimum atomic E-state index is -0.163. The fraction of sp³-hybridized carbons (Fsp3) is 0.917. The van der Waals surface area contributed by atoms with Crippen molar-refractivity contribution in [2.45, 2.75) is 44.8 Å². The molecule has 1 amide bonds. The zero-order valence-electron chi connectivity index (χ0n) is 10.2. The standard InChI is InChI=1S/C12H22N2O2/c1-12(3-5-13-6-4-12)11(15)14-9-7-10(8-9)16-2/h9-10,13H,3-8H2,1-2H3,(H,14,15). The van der Waals surface area contributed by atoms with Gasteiger partial charge >= 0.3 is 0 Å². The molecule has 1 aliphatic carbocycles. The summed E-state index contributed by atoms with van der Waals surface area (Å²) >= 11 is 0. The Hall–Kier alpha value is -0.610. The van der Waals surface area contributed by atoms with Gasteiger partial charge in [0.1, 0.15) is 0 Å². The van der Waals surface area contributed by atoms with Crippen LogP contribution in [-0.2, 0) is 9.53 Å². The highest BCUT2D eigenvalue weighted by Crippen LogP contribution is 2.30. The summed E-state index contributed by atoms with van der Waals surface area (Å²) in [4.78, 5) is 12.1. The van der Waals surface area contributed by atoms with Crippen molar-refractivity contribution in [3.05, 3.63) is 0 Å². The molecule has 0 radical (unpaired) electrons. The second kappa shape index (κ2) is 4.72. The Labute approximate surface area is 97.1 Å². The van der Waals surface area contributed by atoms with Crippen LogP contribution in [-0.4, -0.2) is 38.3 Å². The molecule has 0 unspecified atom stereocenters. The first kappa shape index (κ1) is 11.9. The molecule has 4 heteroatoms. The quantitative estimate of drug-likeness (QED) is 0.743. The Kier molecular flexibility index (Phi) is 3.50. The van der Waals surface area contributed by atoms with E-state index in [0.717, 1.165) is 38.8 Å². The van der Waals surface area contributed by atoms with E-state index < -0.39 is 0 Å². The smallest absolute Gasteiger partial charge is 0.226 e. The maximum atomic E-state index is 12.1. The largest absolute Gasteiger partial charge is 0.381 e. The second-order valence-electron chi connectivity index (χ2n) is 5.31. The lowest BCUT2D eigenvalue weighted by atomic mass is 9.79. The number of amides is 1. The maximum Gasteiger partial charge on any atom is 0.226 e. The molecular formula is C12H22N2O2. The molecule has 2 aliphatic rings. The highest BCUT2D eigenvalue weighted by Gasteiger charge is 2.38. The van der Waals surface area contributed by atoms with Crippen LogP contribution in [0.15, 0.2) is 0 Å². The van der Waals surface area contributed by atoms with Crippen LogP contribution in [0.2, 0.25) is 0 Å². The van der Waals surface area contributed by atoms with Gasteiger partial charge in [0.25, 0.3) is 0 Å². The molecule has 0 aromatic carbocycles. The molecule has 1 saturated heterocycles. The van der Waals surface area contributed by atoms with Gasteiger partial charge in [0.15, 0.2) is 0 Å². The number of piperidine rings is 1. The van der Waals surface area contributed by atoms with Crippen molar-refractivity contribution in [2.24, 2.45) is 5.41 Å². The molecule has 2 fully saturated rings. The summed E-state index contributed by atoms with van der Waals surface area (Å²) in [5, 5.41) is 6.44. The van der Waals surface area contributed by atoms with Gasteiger partial charge in [-0.3, -0.25) is 4.79 Å². The van der Waals surface area contributed by atoms with Gasteiger partial charge in [0.2, 0.25) is 5.91 Å². The van der Waals surface area contributed by atoms with E-state index in [0.29, 0.717) is 12.1 Å². The van der Waals surface area contributed by atoms with Crippen molar-refractivity contribution in [3.8, 4) is 0 Å². The van der Waals surface area contributed by atoms with E-state index >= 15 is 0 Å². The average Bonchev–Trinajstić information content (AvgIpc) is 2.23. The van der Waals surface area contributed by atoms with Crippen LogP contribution in [0.4, 0.5) is 0 Å². The Bertz CT molecular complexity index is 256. The predicted octanol–water partition coefficient (Wildman–Crippen LogP) is 0.670. The van der Waals surface area contributed by atoms with Gasteiger partial charge in [-0.1, -0.05) is 6.92 Å². The van der Waals surface area contributed by atoms with Crippen LogP contribution in [0.1, 0.15) is 32.6 Å². The molecule has 1 aliphatic heterocycles. The molecule has 1 heterocycles. The van der Waals surface area contributed by atoms with E-state index in [1.807, 2.05) is 0 Å². The van der Waals surface area contributed by atoms with Gasteiger partial charge in [-0.05, 0) is 38.8 Å². The molecule has 16 heavy (non-hydrogen) atoms. The number of ether oxygens (including phenoxy) is 1. The Morgan fingerprint density at radius 1 is 1.38 bits per heavy atom. The average molecular weight is 226 g/mol. The molecule has 0 spiro atoms. The predicted molar refractivity (Wildman–Crippen MR) is 62.2 cm³/mol. The third kappa shape index (κ3) is 2.38. The first-order valence-electron chi connectivity index (χ1n) is 6.18. The summed E-state index contributed by atoms with van der Waals surface area (Å²) in [7, 11) is 1.73. The van der Waals surface area contributed by atoms with Gasteiger partial charge in [0, 0.05) is 18.6 Å². The van der Waals surface area contributed by atoms with Crippen LogP contribution in [0.25, 0.3) is 0 Å². The number of hydrogen-bond acceptors (Lipinski definition) is 3. The molecule has 1 saturated carbocycles. The summed E-state index contributed by atoms with van der Waals surface area (Å²) in [5.41, 5.74) is -0.163. The van der Waals surface area contributed by atoms with Gasteiger partial charge in [0.05, 0.1) is 6.10 Å². The van der Waals surface area contributed by atoms with Crippen molar-refractivity contribution >= 4 is 5.91 Å². The van der Waals surface area contributed by atoms with E-state index in [1.54, 1.807) is 7.11 Å². The minimum absolute atomic E-state index is 0.163. The number of carbonyl (C=O) groups excluding carboxylic acids is 1. The van der Waals surface area contributed by atoms with Crippen LogP contribution < -0.4 is 10.6 Å². The van der Waals surface area contributed by atoms with Gasteiger partial charge < -0.3 is 15.4 Å². The lowest BCUT2D eigenvalue weighted by molar-refractivity contribution is -0.134. The molecule has 0 bridgehead atoms. The Balaban J connectivity index is 1.79. The molecule has 0 aromatic heterocycles. The van der Waals surface area contributed by atoms with Crippen LogP contribution >= 0.6 is 0 Å². The van der Waals surface area contributed by atoms with E-state index in [9.17, 15) is 4.79 Å². The van der Waals surface area contributed by atoms with E-state index in [-0.39, 0.29) is 11.3 Å². The van der Waals surface area contributed by atoms with E-state index in [2.05, 4.69) is 17.6 Å². The number of carbonyl (C=O) groups is 1. The maximum absolute atomic E-state index is 12.1. The minimum Gasteiger partial charge on any atom is -0.381 e. The Morgan fingerprint density at radius 2 is 2.00 bits per heavy atom. The third-order valence-corrected chi connectivity index (χ3v) is 4.02. The van der Waals surface area contributed by atoms with Gasteiger partial charge in [-0.2, -0.15) is 0 Å². The topological polar surface area (TPSA) is 50.4 Å². The monoisotopic (exact) mass is 226 g/mol. The number of rotatable bonds is 3. The number of hydrogen-bond donors (Lipinski definition) is 2. The highest BCUT2D eigenvalue weighted by atomic mass is 16.5. The third-order valence-electron chi connectivity index (χ3n) is 4.02. The zero-order chi connectivity index (χ0) is 11.6. The molecule has 0 atom stereocenters. The van der Waals surface area contributed by atoms with Crippen LogP contribution in [0.3, 0.4) is 0 Å². The fourth-order valence-electron chi connectivity index (χ4n) is 2.44. The molecule has 0 aromatic rings. The van der Waals surface area contributed by atoms with E-state index in [1.165, 1.54) is 0 Å². The summed E-state index contributed by atoms with van der Waals surface area (Å²) in [5.74, 6) is 0.230. The molecule has 92 valence electrons. The Morgan fingerprint density at radius 3 is 2.56 bits per heavy atom.